The zero-order valence-electron chi connectivity index (χ0n) is 20.2. The topological polar surface area (TPSA) is 86.7 Å². The minimum absolute atomic E-state index is 0.0139. The van der Waals surface area contributed by atoms with E-state index >= 15 is 0 Å². The van der Waals surface area contributed by atoms with Crippen molar-refractivity contribution in [2.45, 2.75) is 62.8 Å². The number of nitrogens with zero attached hydrogens (tertiary/aromatic N) is 1. The van der Waals surface area contributed by atoms with E-state index in [0.29, 0.717) is 5.56 Å². The fraction of sp³-hybridized carbons (Fsp3) is 0.464. The van der Waals surface area contributed by atoms with Gasteiger partial charge in [0.25, 0.3) is 0 Å². The molecule has 2 aromatic carbocycles. The van der Waals surface area contributed by atoms with Crippen LogP contribution in [0.4, 0.5) is 13.2 Å². The zero-order chi connectivity index (χ0) is 26.4. The number of carboxylic acid groups (broad SMARTS) is 1. The highest BCUT2D eigenvalue weighted by atomic mass is 19.4. The molecule has 3 fully saturated rings. The predicted molar refractivity (Wildman–Crippen MR) is 128 cm³/mol. The lowest BCUT2D eigenvalue weighted by atomic mass is 9.72. The summed E-state index contributed by atoms with van der Waals surface area (Å²) in [5.74, 6) is -4.66. The molecule has 4 unspecified atom stereocenters. The van der Waals surface area contributed by atoms with Gasteiger partial charge in [0.2, 0.25) is 11.8 Å². The van der Waals surface area contributed by atoms with Crippen LogP contribution in [-0.4, -0.2) is 33.3 Å². The van der Waals surface area contributed by atoms with Crippen molar-refractivity contribution in [2.24, 2.45) is 17.8 Å². The number of carbonyl (C=O) groups excluding carboxylic acids is 2. The average molecular weight is 515 g/mol. The first kappa shape index (κ1) is 25.4. The van der Waals surface area contributed by atoms with Crippen molar-refractivity contribution >= 4 is 17.8 Å². The third-order valence-electron chi connectivity index (χ3n) is 8.22. The van der Waals surface area contributed by atoms with Crippen LogP contribution in [0.15, 0.2) is 54.6 Å². The van der Waals surface area contributed by atoms with Gasteiger partial charge in [-0.1, -0.05) is 74.6 Å². The number of amides is 2. The van der Waals surface area contributed by atoms with Crippen LogP contribution in [0.3, 0.4) is 0 Å². The molecular formula is C28H29F3N2O4. The molecule has 0 bridgehead atoms. The zero-order valence-corrected chi connectivity index (χ0v) is 20.2. The van der Waals surface area contributed by atoms with Gasteiger partial charge < -0.3 is 5.11 Å². The molecule has 2 N–H and O–H groups in total. The van der Waals surface area contributed by atoms with Crippen LogP contribution in [0.2, 0.25) is 0 Å². The summed E-state index contributed by atoms with van der Waals surface area (Å²) >= 11 is 0. The van der Waals surface area contributed by atoms with Gasteiger partial charge in [-0.05, 0) is 35.6 Å². The number of fused-ring (bicyclic) bond motifs is 1. The summed E-state index contributed by atoms with van der Waals surface area (Å²) in [7, 11) is 0. The number of nitrogens with one attached hydrogen (secondary N) is 1. The molecule has 5 rings (SSSR count). The number of halogens is 3. The minimum atomic E-state index is -4.60. The van der Waals surface area contributed by atoms with Crippen LogP contribution in [0.25, 0.3) is 0 Å². The van der Waals surface area contributed by atoms with Gasteiger partial charge in [0.05, 0.1) is 23.9 Å². The Hall–Kier alpha value is -3.20. The summed E-state index contributed by atoms with van der Waals surface area (Å²) in [6.45, 7) is -0.0139. The number of alkyl halides is 3. The maximum atomic E-state index is 13.8. The Morgan fingerprint density at radius 3 is 2.35 bits per heavy atom. The van der Waals surface area contributed by atoms with Crippen molar-refractivity contribution < 1.29 is 32.7 Å². The van der Waals surface area contributed by atoms with Crippen molar-refractivity contribution in [3.63, 3.8) is 0 Å². The van der Waals surface area contributed by atoms with Gasteiger partial charge in [-0.25, -0.2) is 0 Å². The Bertz CT molecular complexity index is 1200. The normalized spacial score (nSPS) is 28.5. The molecule has 0 aromatic heterocycles. The van der Waals surface area contributed by atoms with E-state index in [-0.39, 0.29) is 24.4 Å². The van der Waals surface area contributed by atoms with Gasteiger partial charge >= 0.3 is 12.1 Å². The Balaban J connectivity index is 1.58. The molecule has 1 saturated carbocycles. The van der Waals surface area contributed by atoms with E-state index in [0.717, 1.165) is 49.1 Å². The van der Waals surface area contributed by atoms with E-state index in [1.54, 1.807) is 30.3 Å². The Morgan fingerprint density at radius 1 is 1.00 bits per heavy atom. The van der Waals surface area contributed by atoms with Crippen LogP contribution >= 0.6 is 0 Å². The molecule has 9 heteroatoms. The maximum Gasteiger partial charge on any atom is 0.416 e. The standard InChI is InChI=1S/C28H29F3N2O4/c29-28(30,31)20-13-7-12-19(14-20)23-21-22(25(35)33(24(21)34)16-18-10-5-2-6-11-18)27(32-23,26(36)37)15-17-8-3-1-4-9-17/h2,5-7,10-14,17,21-23,32H,1,3-4,8-9,15-16H2,(H,36,37). The Labute approximate surface area is 212 Å². The number of likely N-dealkylation sites (tertiary alicyclic amines) is 1. The number of carboxylic acids is 1. The van der Waals surface area contributed by atoms with E-state index < -0.39 is 52.9 Å². The fourth-order valence-electron chi connectivity index (χ4n) is 6.50. The smallest absolute Gasteiger partial charge is 0.416 e. The Kier molecular flexibility index (Phi) is 6.60. The molecule has 2 aliphatic heterocycles. The molecule has 1 aliphatic carbocycles. The third kappa shape index (κ3) is 4.54. The first-order valence-corrected chi connectivity index (χ1v) is 12.7. The molecule has 196 valence electrons. The summed E-state index contributed by atoms with van der Waals surface area (Å²) < 4.78 is 40.5. The van der Waals surface area contributed by atoms with Crippen LogP contribution < -0.4 is 5.32 Å². The fourth-order valence-corrected chi connectivity index (χ4v) is 6.50. The number of hydrogen-bond donors (Lipinski definition) is 2. The highest BCUT2D eigenvalue weighted by molar-refractivity contribution is 6.09. The molecule has 2 aromatic rings. The molecule has 3 aliphatic rings. The average Bonchev–Trinajstić information content (AvgIpc) is 3.35. The summed E-state index contributed by atoms with van der Waals surface area (Å²) in [6.07, 6.45) is 0.157. The molecule has 2 amide bonds. The number of rotatable bonds is 6. The first-order valence-electron chi connectivity index (χ1n) is 12.7. The highest BCUT2D eigenvalue weighted by Crippen LogP contribution is 2.52. The first-order chi connectivity index (χ1) is 17.6. The van der Waals surface area contributed by atoms with Gasteiger partial charge in [-0.3, -0.25) is 24.6 Å². The summed E-state index contributed by atoms with van der Waals surface area (Å²) in [5.41, 5.74) is -1.77. The molecule has 0 radical (unpaired) electrons. The summed E-state index contributed by atoms with van der Waals surface area (Å²) in [4.78, 5) is 41.5. The van der Waals surface area contributed by atoms with Crippen LogP contribution in [0.5, 0.6) is 0 Å². The van der Waals surface area contributed by atoms with E-state index in [4.69, 9.17) is 0 Å². The largest absolute Gasteiger partial charge is 0.480 e. The van der Waals surface area contributed by atoms with Gasteiger partial charge in [0.1, 0.15) is 5.54 Å². The lowest BCUT2D eigenvalue weighted by Crippen LogP contribution is -2.56. The molecule has 2 saturated heterocycles. The van der Waals surface area contributed by atoms with Crippen molar-refractivity contribution in [1.29, 1.82) is 0 Å². The number of carbonyl (C=O) groups is 3. The monoisotopic (exact) mass is 514 g/mol. The summed E-state index contributed by atoms with van der Waals surface area (Å²) in [6, 6.07) is 12.4. The van der Waals surface area contributed by atoms with Gasteiger partial charge in [0, 0.05) is 6.04 Å². The maximum absolute atomic E-state index is 13.8. The number of benzene rings is 2. The number of imide groups is 1. The second-order valence-electron chi connectivity index (χ2n) is 10.5. The van der Waals surface area contributed by atoms with Crippen molar-refractivity contribution in [3.8, 4) is 0 Å². The molecular weight excluding hydrogens is 485 g/mol. The van der Waals surface area contributed by atoms with E-state index in [1.807, 2.05) is 0 Å². The van der Waals surface area contributed by atoms with Crippen LogP contribution in [-0.2, 0) is 27.1 Å². The van der Waals surface area contributed by atoms with Crippen molar-refractivity contribution in [3.05, 3.63) is 71.3 Å². The van der Waals surface area contributed by atoms with E-state index in [1.165, 1.54) is 12.1 Å². The predicted octanol–water partition coefficient (Wildman–Crippen LogP) is 4.94. The lowest BCUT2D eigenvalue weighted by Gasteiger charge is -2.35. The molecule has 6 nitrogen and oxygen atoms in total. The minimum Gasteiger partial charge on any atom is -0.480 e. The molecule has 0 spiro atoms. The Morgan fingerprint density at radius 2 is 1.70 bits per heavy atom. The van der Waals surface area contributed by atoms with Gasteiger partial charge in [-0.2, -0.15) is 13.2 Å². The number of aliphatic carboxylic acids is 1. The molecule has 37 heavy (non-hydrogen) atoms. The van der Waals surface area contributed by atoms with E-state index in [2.05, 4.69) is 5.32 Å². The van der Waals surface area contributed by atoms with Gasteiger partial charge in [0.15, 0.2) is 0 Å². The van der Waals surface area contributed by atoms with Crippen molar-refractivity contribution in [2.75, 3.05) is 0 Å². The highest BCUT2D eigenvalue weighted by Gasteiger charge is 2.68. The SMILES string of the molecule is O=C1C2C(c3cccc(C(F)(F)F)c3)NC(CC3CCCCC3)(C(=O)O)C2C(=O)N1Cc1ccccc1. The second-order valence-corrected chi connectivity index (χ2v) is 10.5. The summed E-state index contributed by atoms with van der Waals surface area (Å²) in [5, 5.41) is 13.6. The van der Waals surface area contributed by atoms with Crippen LogP contribution in [0.1, 0.15) is 61.3 Å². The quantitative estimate of drug-likeness (QED) is 0.533. The van der Waals surface area contributed by atoms with E-state index in [9.17, 15) is 32.7 Å². The van der Waals surface area contributed by atoms with Crippen molar-refractivity contribution in [1.82, 2.24) is 10.2 Å². The number of hydrogen-bond acceptors (Lipinski definition) is 4. The third-order valence-corrected chi connectivity index (χ3v) is 8.22. The molecule has 4 atom stereocenters. The van der Waals surface area contributed by atoms with Gasteiger partial charge in [-0.15, -0.1) is 0 Å². The second kappa shape index (κ2) is 9.59. The van der Waals surface area contributed by atoms with Crippen LogP contribution in [0, 0.1) is 17.8 Å². The lowest BCUT2D eigenvalue weighted by molar-refractivity contribution is -0.152. The molecule has 2 heterocycles.